The molecule has 2 aromatic rings. The molecule has 158 valence electrons. The number of oxime groups is 1. The number of hydrogen-bond donors (Lipinski definition) is 2. The van der Waals surface area contributed by atoms with Crippen molar-refractivity contribution in [2.24, 2.45) is 10.9 Å². The number of hydrogen-bond acceptors (Lipinski definition) is 7. The smallest absolute Gasteiger partial charge is 0.382 e. The second kappa shape index (κ2) is 7.72. The SMILES string of the molecule is CC(=O)O/N=C(\N)c1nn(-c2c(Cl)cc(C(F)(F)F)cc2Cl)c(N)c1S(C)(=O)=O. The third-order valence-corrected chi connectivity index (χ3v) is 5.04. The van der Waals surface area contributed by atoms with Gasteiger partial charge in [-0.2, -0.15) is 18.3 Å². The fourth-order valence-electron chi connectivity index (χ4n) is 2.21. The average Bonchev–Trinajstić information content (AvgIpc) is 2.88. The largest absolute Gasteiger partial charge is 0.416 e. The molecular formula is C14H12Cl2F3N5O4S. The van der Waals surface area contributed by atoms with Crippen LogP contribution in [0.1, 0.15) is 18.2 Å². The molecule has 0 bridgehead atoms. The highest BCUT2D eigenvalue weighted by molar-refractivity contribution is 7.91. The molecule has 1 aromatic carbocycles. The van der Waals surface area contributed by atoms with Crippen LogP contribution >= 0.6 is 23.2 Å². The predicted molar refractivity (Wildman–Crippen MR) is 98.6 cm³/mol. The van der Waals surface area contributed by atoms with Crippen LogP contribution in [0, 0.1) is 0 Å². The summed E-state index contributed by atoms with van der Waals surface area (Å²) in [6, 6.07) is 1.14. The second-order valence-electron chi connectivity index (χ2n) is 5.59. The van der Waals surface area contributed by atoms with E-state index in [2.05, 4.69) is 15.1 Å². The van der Waals surface area contributed by atoms with Gasteiger partial charge in [-0.3, -0.25) is 0 Å². The molecule has 2 rings (SSSR count). The maximum absolute atomic E-state index is 12.9. The van der Waals surface area contributed by atoms with Gasteiger partial charge in [0.2, 0.25) is 0 Å². The van der Waals surface area contributed by atoms with Gasteiger partial charge >= 0.3 is 12.1 Å². The van der Waals surface area contributed by atoms with Gasteiger partial charge < -0.3 is 16.3 Å². The monoisotopic (exact) mass is 473 g/mol. The topological polar surface area (TPSA) is 143 Å². The molecule has 0 amide bonds. The molecule has 4 N–H and O–H groups in total. The number of nitrogen functional groups attached to an aromatic ring is 1. The third-order valence-electron chi connectivity index (χ3n) is 3.32. The lowest BCUT2D eigenvalue weighted by molar-refractivity contribution is -0.141. The minimum absolute atomic E-state index is 0.324. The zero-order valence-electron chi connectivity index (χ0n) is 14.6. The van der Waals surface area contributed by atoms with Crippen molar-refractivity contribution in [1.29, 1.82) is 0 Å². The number of benzene rings is 1. The zero-order chi connectivity index (χ0) is 22.3. The number of anilines is 1. The van der Waals surface area contributed by atoms with Crippen LogP contribution in [-0.2, 0) is 25.6 Å². The molecule has 0 unspecified atom stereocenters. The Morgan fingerprint density at radius 3 is 2.21 bits per heavy atom. The Labute approximate surface area is 171 Å². The highest BCUT2D eigenvalue weighted by atomic mass is 35.5. The predicted octanol–water partition coefficient (Wildman–Crippen LogP) is 2.37. The maximum atomic E-state index is 12.9. The van der Waals surface area contributed by atoms with Crippen molar-refractivity contribution in [3.05, 3.63) is 33.4 Å². The lowest BCUT2D eigenvalue weighted by Gasteiger charge is -2.13. The van der Waals surface area contributed by atoms with E-state index in [1.54, 1.807) is 0 Å². The summed E-state index contributed by atoms with van der Waals surface area (Å²) < 4.78 is 63.8. The first kappa shape index (κ1) is 22.8. The number of amidine groups is 1. The van der Waals surface area contributed by atoms with Gasteiger partial charge in [-0.15, -0.1) is 0 Å². The summed E-state index contributed by atoms with van der Waals surface area (Å²) in [5, 5.41) is 6.07. The molecular weight excluding hydrogens is 462 g/mol. The summed E-state index contributed by atoms with van der Waals surface area (Å²) in [6.45, 7) is 1.02. The molecule has 0 saturated heterocycles. The molecule has 0 saturated carbocycles. The number of halogens is 5. The fraction of sp³-hybridized carbons (Fsp3) is 0.214. The minimum Gasteiger partial charge on any atom is -0.382 e. The molecule has 0 aliphatic carbocycles. The number of nitrogens with two attached hydrogens (primary N) is 2. The standard InChI is InChI=1S/C14H12Cl2F3N5O4S/c1-5(25)28-23-12(20)9-11(29(2,26)27)13(21)24(22-9)10-7(15)3-6(4-8(10)16)14(17,18)19/h3-4H,21H2,1-2H3,(H2,20,23). The fourth-order valence-corrected chi connectivity index (χ4v) is 3.82. The first-order chi connectivity index (χ1) is 13.1. The van der Waals surface area contributed by atoms with Gasteiger partial charge in [0.05, 0.1) is 15.6 Å². The number of carbonyl (C=O) groups is 1. The first-order valence-electron chi connectivity index (χ1n) is 7.31. The number of rotatable bonds is 4. The average molecular weight is 474 g/mol. The van der Waals surface area contributed by atoms with Crippen LogP contribution in [0.25, 0.3) is 5.69 Å². The Morgan fingerprint density at radius 2 is 1.79 bits per heavy atom. The van der Waals surface area contributed by atoms with Gasteiger partial charge in [-0.1, -0.05) is 28.4 Å². The zero-order valence-corrected chi connectivity index (χ0v) is 16.9. The van der Waals surface area contributed by atoms with Crippen LogP contribution in [0.3, 0.4) is 0 Å². The molecule has 0 atom stereocenters. The van der Waals surface area contributed by atoms with E-state index in [0.29, 0.717) is 16.8 Å². The quantitative estimate of drug-likeness (QED) is 0.300. The van der Waals surface area contributed by atoms with E-state index in [1.807, 2.05) is 0 Å². The normalized spacial score (nSPS) is 12.9. The molecule has 0 radical (unpaired) electrons. The van der Waals surface area contributed by atoms with E-state index in [1.165, 1.54) is 0 Å². The number of sulfone groups is 1. The Bertz CT molecular complexity index is 1110. The van der Waals surface area contributed by atoms with Crippen molar-refractivity contribution >= 4 is 50.7 Å². The van der Waals surface area contributed by atoms with Crippen LogP contribution in [0.5, 0.6) is 0 Å². The summed E-state index contributed by atoms with van der Waals surface area (Å²) in [5.74, 6) is -2.03. The van der Waals surface area contributed by atoms with Gasteiger partial charge in [0, 0.05) is 13.2 Å². The second-order valence-corrected chi connectivity index (χ2v) is 8.36. The Kier molecular flexibility index (Phi) is 6.07. The van der Waals surface area contributed by atoms with Crippen LogP contribution in [0.2, 0.25) is 10.0 Å². The molecule has 1 heterocycles. The Hall–Kier alpha value is -2.51. The molecule has 9 nitrogen and oxygen atoms in total. The van der Waals surface area contributed by atoms with Crippen molar-refractivity contribution in [3.63, 3.8) is 0 Å². The van der Waals surface area contributed by atoms with Gasteiger partial charge in [0.1, 0.15) is 16.4 Å². The molecule has 0 fully saturated rings. The van der Waals surface area contributed by atoms with Gasteiger partial charge in [-0.05, 0) is 12.1 Å². The van der Waals surface area contributed by atoms with Crippen molar-refractivity contribution < 1.29 is 31.2 Å². The van der Waals surface area contributed by atoms with E-state index in [9.17, 15) is 26.4 Å². The van der Waals surface area contributed by atoms with E-state index in [4.69, 9.17) is 34.7 Å². The highest BCUT2D eigenvalue weighted by Crippen LogP contribution is 2.39. The number of nitrogens with zero attached hydrogens (tertiary/aromatic N) is 3. The minimum atomic E-state index is -4.73. The van der Waals surface area contributed by atoms with Crippen LogP contribution < -0.4 is 11.5 Å². The Balaban J connectivity index is 2.80. The number of alkyl halides is 3. The van der Waals surface area contributed by atoms with Crippen molar-refractivity contribution in [1.82, 2.24) is 9.78 Å². The lowest BCUT2D eigenvalue weighted by atomic mass is 10.2. The number of aromatic nitrogens is 2. The highest BCUT2D eigenvalue weighted by Gasteiger charge is 2.34. The molecule has 15 heteroatoms. The number of carbonyl (C=O) groups excluding carboxylic acids is 1. The summed E-state index contributed by atoms with van der Waals surface area (Å²) in [7, 11) is -4.07. The summed E-state index contributed by atoms with van der Waals surface area (Å²) in [6.07, 6.45) is -3.95. The first-order valence-corrected chi connectivity index (χ1v) is 9.96. The molecule has 29 heavy (non-hydrogen) atoms. The van der Waals surface area contributed by atoms with Crippen LogP contribution in [-0.4, -0.2) is 36.3 Å². The van der Waals surface area contributed by atoms with Gasteiger partial charge in [0.15, 0.2) is 21.4 Å². The van der Waals surface area contributed by atoms with Crippen molar-refractivity contribution in [3.8, 4) is 5.69 Å². The van der Waals surface area contributed by atoms with E-state index < -0.39 is 59.8 Å². The molecule has 0 aliphatic rings. The molecule has 0 aliphatic heterocycles. The Morgan fingerprint density at radius 1 is 1.28 bits per heavy atom. The third kappa shape index (κ3) is 4.74. The van der Waals surface area contributed by atoms with E-state index in [-0.39, 0.29) is 5.69 Å². The van der Waals surface area contributed by atoms with Crippen LogP contribution in [0.4, 0.5) is 19.0 Å². The van der Waals surface area contributed by atoms with Gasteiger partial charge in [-0.25, -0.2) is 17.9 Å². The van der Waals surface area contributed by atoms with E-state index >= 15 is 0 Å². The summed E-state index contributed by atoms with van der Waals surface area (Å²) in [4.78, 5) is 14.6. The van der Waals surface area contributed by atoms with Crippen LogP contribution in [0.15, 0.2) is 22.2 Å². The van der Waals surface area contributed by atoms with Gasteiger partial charge in [0.25, 0.3) is 0 Å². The maximum Gasteiger partial charge on any atom is 0.416 e. The summed E-state index contributed by atoms with van der Waals surface area (Å²) >= 11 is 11.8. The van der Waals surface area contributed by atoms with Crippen molar-refractivity contribution in [2.75, 3.05) is 12.0 Å². The summed E-state index contributed by atoms with van der Waals surface area (Å²) in [5.41, 5.74) is 9.48. The molecule has 0 spiro atoms. The lowest BCUT2D eigenvalue weighted by Crippen LogP contribution is -2.19. The van der Waals surface area contributed by atoms with Crippen molar-refractivity contribution in [2.45, 2.75) is 18.0 Å². The van der Waals surface area contributed by atoms with E-state index in [0.717, 1.165) is 13.2 Å². The molecule has 1 aromatic heterocycles.